The third-order valence-electron chi connectivity index (χ3n) is 6.94. The molecule has 14 heteroatoms. The topological polar surface area (TPSA) is 172 Å². The minimum absolute atomic E-state index is 0.00930. The molecule has 0 radical (unpaired) electrons. The van der Waals surface area contributed by atoms with Crippen LogP contribution in [0.4, 0.5) is 11.4 Å². The summed E-state index contributed by atoms with van der Waals surface area (Å²) in [4.78, 5) is 20.9. The monoisotopic (exact) mass is 582 g/mol. The van der Waals surface area contributed by atoms with E-state index in [1.807, 2.05) is 48.5 Å². The quantitative estimate of drug-likeness (QED) is 0.185. The van der Waals surface area contributed by atoms with Gasteiger partial charge in [-0.1, -0.05) is 72.8 Å². The smallest absolute Gasteiger partial charge is 0.258 e. The van der Waals surface area contributed by atoms with Crippen molar-refractivity contribution in [2.45, 2.75) is 0 Å². The van der Waals surface area contributed by atoms with Crippen molar-refractivity contribution in [3.63, 3.8) is 0 Å². The molecule has 0 aliphatic carbocycles. The lowest BCUT2D eigenvalue weighted by atomic mass is 10.2. The molecule has 0 unspecified atom stereocenters. The summed E-state index contributed by atoms with van der Waals surface area (Å²) < 4.78 is 3.20. The highest BCUT2D eigenvalue weighted by Gasteiger charge is 2.16. The van der Waals surface area contributed by atoms with Gasteiger partial charge in [0.2, 0.25) is 0 Å². The highest BCUT2D eigenvalue weighted by atomic mass is 16.6. The Morgan fingerprint density at radius 3 is 1.39 bits per heavy atom. The van der Waals surface area contributed by atoms with Gasteiger partial charge in [-0.05, 0) is 0 Å². The molecule has 8 aromatic rings. The Bertz CT molecular complexity index is 2220. The number of rotatable bonds is 4. The van der Waals surface area contributed by atoms with Crippen LogP contribution in [-0.2, 0) is 0 Å². The van der Waals surface area contributed by atoms with E-state index in [1.54, 1.807) is 45.7 Å². The summed E-state index contributed by atoms with van der Waals surface area (Å²) in [6.45, 7) is 0. The maximum absolute atomic E-state index is 10.9. The molecule has 0 fully saturated rings. The Morgan fingerprint density at radius 1 is 0.523 bits per heavy atom. The number of non-ortho nitro benzene ring substituents is 2. The van der Waals surface area contributed by atoms with Crippen LogP contribution >= 0.6 is 0 Å². The van der Waals surface area contributed by atoms with Crippen molar-refractivity contribution in [2.24, 2.45) is 0 Å². The van der Waals surface area contributed by atoms with Gasteiger partial charge >= 0.3 is 0 Å². The summed E-state index contributed by atoms with van der Waals surface area (Å²) >= 11 is 0. The maximum Gasteiger partial charge on any atom is 0.270 e. The molecule has 212 valence electrons. The van der Waals surface area contributed by atoms with Gasteiger partial charge in [-0.25, -0.2) is 0 Å². The van der Waals surface area contributed by atoms with Crippen LogP contribution in [0.25, 0.3) is 55.6 Å². The molecule has 0 amide bonds. The summed E-state index contributed by atoms with van der Waals surface area (Å²) in [6, 6.07) is 28.0. The van der Waals surface area contributed by atoms with Crippen LogP contribution in [0.15, 0.2) is 109 Å². The average Bonchev–Trinajstić information content (AvgIpc) is 3.71. The first-order valence-electron chi connectivity index (χ1n) is 13.2. The Morgan fingerprint density at radius 2 is 0.955 bits per heavy atom. The van der Waals surface area contributed by atoms with Gasteiger partial charge in [0.15, 0.2) is 22.9 Å². The third-order valence-corrected chi connectivity index (χ3v) is 6.94. The molecule has 0 saturated carbocycles. The van der Waals surface area contributed by atoms with E-state index in [-0.39, 0.29) is 11.4 Å². The largest absolute Gasteiger partial charge is 0.270 e. The Hall–Kier alpha value is -6.70. The van der Waals surface area contributed by atoms with Gasteiger partial charge in [-0.15, -0.1) is 20.4 Å². The van der Waals surface area contributed by atoms with E-state index in [2.05, 4.69) is 30.6 Å². The van der Waals surface area contributed by atoms with Crippen molar-refractivity contribution >= 4 is 44.2 Å². The molecule has 0 bridgehead atoms. The Labute approximate surface area is 246 Å². The van der Waals surface area contributed by atoms with E-state index >= 15 is 0 Å². The summed E-state index contributed by atoms with van der Waals surface area (Å²) in [5, 5.41) is 50.9. The lowest BCUT2D eigenvalue weighted by molar-refractivity contribution is -0.385. The molecule has 0 atom stereocenters. The molecule has 0 spiro atoms. The maximum atomic E-state index is 10.9. The van der Waals surface area contributed by atoms with Crippen LogP contribution in [0.5, 0.6) is 0 Å². The van der Waals surface area contributed by atoms with Crippen molar-refractivity contribution < 1.29 is 9.85 Å². The Balaban J connectivity index is 0.000000142. The summed E-state index contributed by atoms with van der Waals surface area (Å²) in [7, 11) is 0. The zero-order valence-corrected chi connectivity index (χ0v) is 22.5. The molecular formula is C30H18N10O4. The molecule has 8 rings (SSSR count). The minimum Gasteiger partial charge on any atom is -0.258 e. The van der Waals surface area contributed by atoms with Crippen LogP contribution < -0.4 is 0 Å². The SMILES string of the molecule is O=[N+]([O-])c1cccc(-c2nnc3c4ccccc4cnn23)c1.O=[N+]([O-])c1cccc(-c2nnc3c4ccccc4cnn23)c1. The van der Waals surface area contributed by atoms with Crippen LogP contribution in [-0.4, -0.2) is 49.5 Å². The van der Waals surface area contributed by atoms with Gasteiger partial charge < -0.3 is 0 Å². The molecule has 14 nitrogen and oxygen atoms in total. The van der Waals surface area contributed by atoms with Crippen molar-refractivity contribution in [2.75, 3.05) is 0 Å². The van der Waals surface area contributed by atoms with Crippen molar-refractivity contribution in [3.8, 4) is 22.8 Å². The summed E-state index contributed by atoms with van der Waals surface area (Å²) in [6.07, 6.45) is 3.46. The zero-order valence-electron chi connectivity index (χ0n) is 22.5. The third kappa shape index (κ3) is 4.57. The van der Waals surface area contributed by atoms with Crippen molar-refractivity contribution in [3.05, 3.63) is 130 Å². The zero-order chi connectivity index (χ0) is 30.2. The van der Waals surface area contributed by atoms with E-state index < -0.39 is 9.85 Å². The van der Waals surface area contributed by atoms with Crippen LogP contribution in [0.2, 0.25) is 0 Å². The predicted molar refractivity (Wildman–Crippen MR) is 161 cm³/mol. The number of aromatic nitrogens is 8. The van der Waals surface area contributed by atoms with E-state index in [0.29, 0.717) is 34.1 Å². The lowest BCUT2D eigenvalue weighted by Gasteiger charge is -2.01. The van der Waals surface area contributed by atoms with Gasteiger partial charge in [0.1, 0.15) is 0 Å². The standard InChI is InChI=1S/2C15H9N5O2/c2*21-20(22)12-6-3-5-10(8-12)14-17-18-15-13-7-2-1-4-11(13)9-16-19(14)15/h2*1-9H. The molecule has 44 heavy (non-hydrogen) atoms. The fraction of sp³-hybridized carbons (Fsp3) is 0. The molecule has 0 saturated heterocycles. The number of fused-ring (bicyclic) bond motifs is 6. The predicted octanol–water partition coefficient (Wildman–Crippen LogP) is 5.71. The second kappa shape index (κ2) is 10.6. The first-order chi connectivity index (χ1) is 21.5. The van der Waals surface area contributed by atoms with Crippen LogP contribution in [0.1, 0.15) is 0 Å². The van der Waals surface area contributed by atoms with Crippen LogP contribution in [0.3, 0.4) is 0 Å². The van der Waals surface area contributed by atoms with Crippen LogP contribution in [0, 0.1) is 20.2 Å². The molecular weight excluding hydrogens is 564 g/mol. The Kier molecular flexibility index (Phi) is 6.32. The lowest BCUT2D eigenvalue weighted by Crippen LogP contribution is -1.96. The second-order valence-corrected chi connectivity index (χ2v) is 9.60. The van der Waals surface area contributed by atoms with Gasteiger partial charge in [-0.3, -0.25) is 20.2 Å². The molecule has 4 aromatic carbocycles. The van der Waals surface area contributed by atoms with Gasteiger partial charge in [0, 0.05) is 56.9 Å². The number of nitro groups is 2. The van der Waals surface area contributed by atoms with Gasteiger partial charge in [0.05, 0.1) is 22.2 Å². The highest BCUT2D eigenvalue weighted by Crippen LogP contribution is 2.26. The molecule has 0 aliphatic heterocycles. The summed E-state index contributed by atoms with van der Waals surface area (Å²) in [5.74, 6) is 0.953. The van der Waals surface area contributed by atoms with E-state index in [4.69, 9.17) is 0 Å². The van der Waals surface area contributed by atoms with Crippen molar-refractivity contribution in [1.82, 2.24) is 39.6 Å². The summed E-state index contributed by atoms with van der Waals surface area (Å²) in [5.41, 5.74) is 2.47. The number of nitro benzene ring substituents is 2. The molecule has 4 aromatic heterocycles. The fourth-order valence-electron chi connectivity index (χ4n) is 4.86. The second-order valence-electron chi connectivity index (χ2n) is 9.60. The number of hydrogen-bond acceptors (Lipinski definition) is 10. The first-order valence-corrected chi connectivity index (χ1v) is 13.2. The van der Waals surface area contributed by atoms with Crippen molar-refractivity contribution in [1.29, 1.82) is 0 Å². The number of hydrogen-bond donors (Lipinski definition) is 0. The normalized spacial score (nSPS) is 11.1. The molecule has 4 heterocycles. The average molecular weight is 583 g/mol. The fourth-order valence-corrected chi connectivity index (χ4v) is 4.86. The number of benzene rings is 4. The van der Waals surface area contributed by atoms with E-state index in [1.165, 1.54) is 24.3 Å². The first kappa shape index (κ1) is 26.2. The van der Waals surface area contributed by atoms with E-state index in [0.717, 1.165) is 21.5 Å². The van der Waals surface area contributed by atoms with E-state index in [9.17, 15) is 20.2 Å². The minimum atomic E-state index is -0.435. The van der Waals surface area contributed by atoms with Gasteiger partial charge in [-0.2, -0.15) is 19.2 Å². The molecule has 0 aliphatic rings. The number of nitrogens with zero attached hydrogens (tertiary/aromatic N) is 10. The van der Waals surface area contributed by atoms with Gasteiger partial charge in [0.25, 0.3) is 11.4 Å². The molecule has 0 N–H and O–H groups in total. The highest BCUT2D eigenvalue weighted by molar-refractivity contribution is 5.94.